The summed E-state index contributed by atoms with van der Waals surface area (Å²) in [6, 6.07) is 1.54. The molecule has 0 aromatic carbocycles. The van der Waals surface area contributed by atoms with E-state index in [9.17, 15) is 8.78 Å². The van der Waals surface area contributed by atoms with E-state index in [0.29, 0.717) is 22.4 Å². The zero-order valence-electron chi connectivity index (χ0n) is 8.22. The number of ether oxygens (including phenoxy) is 1. The third-order valence-electron chi connectivity index (χ3n) is 1.59. The fourth-order valence-electron chi connectivity index (χ4n) is 0.959. The summed E-state index contributed by atoms with van der Waals surface area (Å²) < 4.78 is 28.1. The van der Waals surface area contributed by atoms with Crippen molar-refractivity contribution in [3.63, 3.8) is 0 Å². The highest BCUT2D eigenvalue weighted by Gasteiger charge is 2.03. The summed E-state index contributed by atoms with van der Waals surface area (Å²) in [5.41, 5.74) is 0. The molecule has 0 spiro atoms. The van der Waals surface area contributed by atoms with E-state index in [1.807, 2.05) is 0 Å². The van der Waals surface area contributed by atoms with Crippen LogP contribution in [0, 0.1) is 0 Å². The number of hydrogen-bond acceptors (Lipinski definition) is 3. The molecule has 1 N–H and O–H groups in total. The molecule has 0 aliphatic heterocycles. The smallest absolute Gasteiger partial charge is 0.261 e. The monoisotopic (exact) mass is 270 g/mol. The minimum atomic E-state index is -2.45. The molecule has 3 nitrogen and oxygen atoms in total. The number of anilines is 1. The zero-order valence-corrected chi connectivity index (χ0v) is 9.73. The van der Waals surface area contributed by atoms with Crippen molar-refractivity contribution in [2.45, 2.75) is 6.43 Å². The van der Waals surface area contributed by atoms with Gasteiger partial charge in [0, 0.05) is 12.7 Å². The average molecular weight is 271 g/mol. The number of hydrogen-bond donors (Lipinski definition) is 1. The Bertz CT molecular complexity index is 339. The molecule has 7 heteroatoms. The van der Waals surface area contributed by atoms with Gasteiger partial charge in [-0.3, -0.25) is 0 Å². The Morgan fingerprint density at radius 1 is 1.44 bits per heavy atom. The average Bonchev–Trinajstić information content (AvgIpc) is 2.20. The van der Waals surface area contributed by atoms with Crippen LogP contribution in [0.25, 0.3) is 0 Å². The van der Waals surface area contributed by atoms with E-state index in [1.165, 1.54) is 6.20 Å². The van der Waals surface area contributed by atoms with Crippen molar-refractivity contribution in [1.82, 2.24) is 4.98 Å². The number of halogens is 4. The van der Waals surface area contributed by atoms with Crippen LogP contribution in [0.2, 0.25) is 10.0 Å². The van der Waals surface area contributed by atoms with Crippen LogP contribution in [0.1, 0.15) is 0 Å². The van der Waals surface area contributed by atoms with Gasteiger partial charge in [0.2, 0.25) is 0 Å². The van der Waals surface area contributed by atoms with Gasteiger partial charge in [0.25, 0.3) is 6.43 Å². The zero-order chi connectivity index (χ0) is 12.0. The summed E-state index contributed by atoms with van der Waals surface area (Å²) in [6.45, 7) is -0.0600. The Hall–Kier alpha value is -0.650. The maximum atomic E-state index is 11.7. The largest absolute Gasteiger partial charge is 0.374 e. The van der Waals surface area contributed by atoms with Gasteiger partial charge in [0.1, 0.15) is 12.4 Å². The van der Waals surface area contributed by atoms with Gasteiger partial charge in [0.05, 0.1) is 16.7 Å². The Morgan fingerprint density at radius 2 is 2.19 bits per heavy atom. The molecule has 16 heavy (non-hydrogen) atoms. The van der Waals surface area contributed by atoms with Crippen LogP contribution in [0.3, 0.4) is 0 Å². The highest BCUT2D eigenvalue weighted by molar-refractivity contribution is 6.35. The first-order valence-corrected chi connectivity index (χ1v) is 5.26. The summed E-state index contributed by atoms with van der Waals surface area (Å²) in [4.78, 5) is 3.93. The number of aromatic nitrogens is 1. The van der Waals surface area contributed by atoms with Crippen molar-refractivity contribution in [1.29, 1.82) is 0 Å². The first kappa shape index (κ1) is 13.4. The molecule has 1 heterocycles. The van der Waals surface area contributed by atoms with Crippen molar-refractivity contribution in [3.05, 3.63) is 22.3 Å². The third kappa shape index (κ3) is 4.92. The topological polar surface area (TPSA) is 34.1 Å². The van der Waals surface area contributed by atoms with Crippen LogP contribution >= 0.6 is 23.2 Å². The molecule has 0 saturated heterocycles. The Kier molecular flexibility index (Phi) is 5.73. The minimum absolute atomic E-state index is 0.158. The Balaban J connectivity index is 2.27. The summed E-state index contributed by atoms with van der Waals surface area (Å²) in [5.74, 6) is 0.451. The lowest BCUT2D eigenvalue weighted by Gasteiger charge is -2.07. The highest BCUT2D eigenvalue weighted by atomic mass is 35.5. The van der Waals surface area contributed by atoms with Gasteiger partial charge in [-0.2, -0.15) is 0 Å². The van der Waals surface area contributed by atoms with Gasteiger partial charge >= 0.3 is 0 Å². The van der Waals surface area contributed by atoms with Crippen LogP contribution in [0.5, 0.6) is 0 Å². The maximum absolute atomic E-state index is 11.7. The fourth-order valence-corrected chi connectivity index (χ4v) is 1.41. The van der Waals surface area contributed by atoms with Crippen LogP contribution in [-0.4, -0.2) is 31.2 Å². The van der Waals surface area contributed by atoms with E-state index in [4.69, 9.17) is 23.2 Å². The first-order valence-electron chi connectivity index (χ1n) is 4.50. The van der Waals surface area contributed by atoms with Crippen molar-refractivity contribution < 1.29 is 13.5 Å². The predicted molar refractivity (Wildman–Crippen MR) is 59.6 cm³/mol. The second-order valence-electron chi connectivity index (χ2n) is 2.88. The molecule has 0 radical (unpaired) electrons. The minimum Gasteiger partial charge on any atom is -0.374 e. The van der Waals surface area contributed by atoms with Crippen LogP contribution in [0.4, 0.5) is 14.6 Å². The molecule has 90 valence electrons. The third-order valence-corrected chi connectivity index (χ3v) is 2.09. The van der Waals surface area contributed by atoms with Crippen molar-refractivity contribution >= 4 is 29.0 Å². The van der Waals surface area contributed by atoms with Crippen molar-refractivity contribution in [2.75, 3.05) is 25.1 Å². The summed E-state index contributed by atoms with van der Waals surface area (Å²) in [6.07, 6.45) is -1.01. The molecule has 0 fully saturated rings. The van der Waals surface area contributed by atoms with E-state index < -0.39 is 13.0 Å². The first-order chi connectivity index (χ1) is 7.59. The SMILES string of the molecule is FC(F)COCCNc1ncc(Cl)cc1Cl. The summed E-state index contributed by atoms with van der Waals surface area (Å²) in [7, 11) is 0. The predicted octanol–water partition coefficient (Wildman–Crippen LogP) is 3.08. The van der Waals surface area contributed by atoms with E-state index in [1.54, 1.807) is 6.07 Å². The normalized spacial score (nSPS) is 10.8. The second-order valence-corrected chi connectivity index (χ2v) is 3.72. The molecule has 0 bridgehead atoms. The molecule has 0 amide bonds. The number of pyridine rings is 1. The van der Waals surface area contributed by atoms with Crippen LogP contribution in [-0.2, 0) is 4.74 Å². The quantitative estimate of drug-likeness (QED) is 0.807. The number of alkyl halides is 2. The number of nitrogens with zero attached hydrogens (tertiary/aromatic N) is 1. The van der Waals surface area contributed by atoms with E-state index in [2.05, 4.69) is 15.0 Å². The van der Waals surface area contributed by atoms with Gasteiger partial charge in [-0.1, -0.05) is 23.2 Å². The lowest BCUT2D eigenvalue weighted by atomic mass is 10.4. The molecule has 1 rings (SSSR count). The van der Waals surface area contributed by atoms with Gasteiger partial charge < -0.3 is 10.1 Å². The summed E-state index contributed by atoms with van der Waals surface area (Å²) >= 11 is 11.5. The number of nitrogens with one attached hydrogen (secondary N) is 1. The van der Waals surface area contributed by atoms with Gasteiger partial charge in [-0.25, -0.2) is 13.8 Å². The van der Waals surface area contributed by atoms with Crippen LogP contribution < -0.4 is 5.32 Å². The Labute approximate surface area is 102 Å². The van der Waals surface area contributed by atoms with Crippen LogP contribution in [0.15, 0.2) is 12.3 Å². The van der Waals surface area contributed by atoms with Gasteiger partial charge in [-0.15, -0.1) is 0 Å². The van der Waals surface area contributed by atoms with Crippen molar-refractivity contribution in [3.8, 4) is 0 Å². The van der Waals surface area contributed by atoms with Gasteiger partial charge in [-0.05, 0) is 6.07 Å². The molecular weight excluding hydrogens is 261 g/mol. The van der Waals surface area contributed by atoms with E-state index in [0.717, 1.165) is 0 Å². The molecule has 0 saturated carbocycles. The molecular formula is C9H10Cl2F2N2O. The van der Waals surface area contributed by atoms with E-state index in [-0.39, 0.29) is 6.61 Å². The van der Waals surface area contributed by atoms with E-state index >= 15 is 0 Å². The molecule has 0 atom stereocenters. The molecule has 0 unspecified atom stereocenters. The second kappa shape index (κ2) is 6.83. The molecule has 1 aromatic rings. The molecule has 0 aliphatic rings. The maximum Gasteiger partial charge on any atom is 0.261 e. The Morgan fingerprint density at radius 3 is 2.81 bits per heavy atom. The number of rotatable bonds is 6. The highest BCUT2D eigenvalue weighted by Crippen LogP contribution is 2.21. The lowest BCUT2D eigenvalue weighted by Crippen LogP contribution is -2.13. The van der Waals surface area contributed by atoms with Crippen molar-refractivity contribution in [2.24, 2.45) is 0 Å². The lowest BCUT2D eigenvalue weighted by molar-refractivity contribution is 0.0215. The van der Waals surface area contributed by atoms with Gasteiger partial charge in [0.15, 0.2) is 0 Å². The standard InChI is InChI=1S/C9H10Cl2F2N2O/c10-6-3-7(11)9(15-4-6)14-1-2-16-5-8(12)13/h3-4,8H,1-2,5H2,(H,14,15). The fraction of sp³-hybridized carbons (Fsp3) is 0.444. The molecule has 0 aliphatic carbocycles. The molecule has 1 aromatic heterocycles. The summed E-state index contributed by atoms with van der Waals surface area (Å²) in [5, 5.41) is 3.65.